The van der Waals surface area contributed by atoms with Gasteiger partial charge in [-0.15, -0.1) is 0 Å². The molecule has 0 spiro atoms. The average Bonchev–Trinajstić information content (AvgIpc) is 2.16. The molecule has 0 aromatic heterocycles. The van der Waals surface area contributed by atoms with Crippen LogP contribution in [-0.2, 0) is 35.7 Å². The van der Waals surface area contributed by atoms with E-state index in [2.05, 4.69) is 12.2 Å². The van der Waals surface area contributed by atoms with Crippen LogP contribution in [0.15, 0.2) is 0 Å². The van der Waals surface area contributed by atoms with Gasteiger partial charge < -0.3 is 0 Å². The van der Waals surface area contributed by atoms with Crippen LogP contribution in [0.3, 0.4) is 0 Å². The predicted octanol–water partition coefficient (Wildman–Crippen LogP) is 1.45. The fourth-order valence-corrected chi connectivity index (χ4v) is 1.72. The molecule has 0 heterocycles. The van der Waals surface area contributed by atoms with Gasteiger partial charge in [0.1, 0.15) is 0 Å². The number of carbonyl (C=O) groups is 1. The predicted molar refractivity (Wildman–Crippen MR) is 50.1 cm³/mol. The summed E-state index contributed by atoms with van der Waals surface area (Å²) in [6, 6.07) is 0. The summed E-state index contributed by atoms with van der Waals surface area (Å²) in [7, 11) is 0. The van der Waals surface area contributed by atoms with Gasteiger partial charge in [-0.25, -0.2) is 0 Å². The third-order valence-corrected chi connectivity index (χ3v) is 2.12. The maximum atomic E-state index is 10.8. The van der Waals surface area contributed by atoms with Crippen molar-refractivity contribution in [1.82, 2.24) is 5.32 Å². The van der Waals surface area contributed by atoms with Crippen LogP contribution < -0.4 is 5.32 Å². The minimum absolute atomic E-state index is 0.121. The van der Waals surface area contributed by atoms with Gasteiger partial charge in [0.15, 0.2) is 0 Å². The van der Waals surface area contributed by atoms with Gasteiger partial charge in [-0.1, -0.05) is 13.8 Å². The molecule has 0 saturated carbocycles. The van der Waals surface area contributed by atoms with Crippen molar-refractivity contribution in [1.29, 1.82) is 0 Å². The zero-order valence-corrected chi connectivity index (χ0v) is 14.6. The van der Waals surface area contributed by atoms with Crippen LogP contribution >= 0.6 is 0 Å². The zero-order chi connectivity index (χ0) is 10.5. The average molecular weight is 375 g/mol. The molecule has 3 nitrogen and oxygen atoms in total. The first-order valence-corrected chi connectivity index (χ1v) is 8.83. The summed E-state index contributed by atoms with van der Waals surface area (Å²) in [6.07, 6.45) is 1.53. The first kappa shape index (κ1) is 15.8. The van der Waals surface area contributed by atoms with Gasteiger partial charge in [0, 0.05) is 0 Å². The van der Waals surface area contributed by atoms with Crippen molar-refractivity contribution in [3.63, 3.8) is 0 Å². The van der Waals surface area contributed by atoms with Crippen LogP contribution in [0.4, 0.5) is 0 Å². The Balaban J connectivity index is 0. The van der Waals surface area contributed by atoms with Crippen LogP contribution in [0, 0.1) is 0 Å². The number of nitrogens with one attached hydrogen (secondary N) is 1. The van der Waals surface area contributed by atoms with Crippen LogP contribution in [0.1, 0.15) is 33.6 Å². The van der Waals surface area contributed by atoms with E-state index in [1.54, 1.807) is 0 Å². The maximum absolute atomic E-state index is 10.8. The van der Waals surface area contributed by atoms with Gasteiger partial charge in [0.05, 0.1) is 0 Å². The van der Waals surface area contributed by atoms with Gasteiger partial charge in [-0.3, -0.25) is 0 Å². The van der Waals surface area contributed by atoms with E-state index in [-0.39, 0.29) is 5.91 Å². The van der Waals surface area contributed by atoms with E-state index in [9.17, 15) is 4.79 Å². The van der Waals surface area contributed by atoms with Crippen LogP contribution in [0.2, 0.25) is 0 Å². The fourth-order valence-electron chi connectivity index (χ4n) is 0.639. The first-order chi connectivity index (χ1) is 6.31. The van der Waals surface area contributed by atoms with Gasteiger partial charge in [0.2, 0.25) is 0 Å². The van der Waals surface area contributed by atoms with Crippen molar-refractivity contribution in [2.45, 2.75) is 33.6 Å². The second-order valence-corrected chi connectivity index (χ2v) is 4.16. The minimum atomic E-state index is 0.121. The van der Waals surface area contributed by atoms with E-state index in [4.69, 9.17) is 4.74 Å². The second-order valence-electron chi connectivity index (χ2n) is 2.21. The van der Waals surface area contributed by atoms with Gasteiger partial charge >= 0.3 is 83.9 Å². The van der Waals surface area contributed by atoms with E-state index in [0.29, 0.717) is 39.1 Å². The molecule has 0 aliphatic carbocycles. The number of hydrogen-bond donors (Lipinski definition) is 1. The Labute approximate surface area is 97.6 Å². The molecule has 13 heavy (non-hydrogen) atoms. The second kappa shape index (κ2) is 14.9. The Bertz CT molecular complexity index is 110. The molecule has 0 rings (SSSR count). The molecule has 0 atom stereocenters. The SMILES string of the molecule is CC.CCCOCCC(=O)N[CH2][Hg]. The summed E-state index contributed by atoms with van der Waals surface area (Å²) in [5.74, 6) is 0.121. The Hall–Kier alpha value is 0.365. The summed E-state index contributed by atoms with van der Waals surface area (Å²) in [6.45, 7) is 7.38. The third kappa shape index (κ3) is 15.1. The number of rotatable bonds is 6. The molecule has 0 aromatic carbocycles. The summed E-state index contributed by atoms with van der Waals surface area (Å²) in [5.41, 5.74) is 0. The molecule has 0 fully saturated rings. The van der Waals surface area contributed by atoms with E-state index < -0.39 is 0 Å². The van der Waals surface area contributed by atoms with Gasteiger partial charge in [-0.05, 0) is 0 Å². The summed E-state index contributed by atoms with van der Waals surface area (Å²) in [4.78, 5) is 10.8. The van der Waals surface area contributed by atoms with Crippen molar-refractivity contribution >= 4 is 5.91 Å². The molecule has 1 amide bonds. The summed E-state index contributed by atoms with van der Waals surface area (Å²) in [5, 5.41) is 2.79. The monoisotopic (exact) mass is 376 g/mol. The quantitative estimate of drug-likeness (QED) is 0.564. The van der Waals surface area contributed by atoms with Crippen molar-refractivity contribution < 1.29 is 35.7 Å². The molecule has 1 N–H and O–H groups in total. The third-order valence-electron chi connectivity index (χ3n) is 1.14. The normalized spacial score (nSPS) is 8.69. The Kier molecular flexibility index (Phi) is 18.1. The fraction of sp³-hybridized carbons (Fsp3) is 0.889. The van der Waals surface area contributed by atoms with E-state index in [1.165, 1.54) is 0 Å². The molecule has 4 heteroatoms. The van der Waals surface area contributed by atoms with Gasteiger partial charge in [-0.2, -0.15) is 0 Å². The van der Waals surface area contributed by atoms with Crippen LogP contribution in [-0.4, -0.2) is 23.2 Å². The van der Waals surface area contributed by atoms with Crippen molar-refractivity contribution in [2.75, 3.05) is 17.3 Å². The van der Waals surface area contributed by atoms with Crippen molar-refractivity contribution in [3.8, 4) is 0 Å². The molecule has 0 bridgehead atoms. The number of carbonyl (C=O) groups excluding carboxylic acids is 1. The molecule has 0 aromatic rings. The van der Waals surface area contributed by atoms with Gasteiger partial charge in [0.25, 0.3) is 0 Å². The van der Waals surface area contributed by atoms with E-state index in [1.807, 2.05) is 13.8 Å². The van der Waals surface area contributed by atoms with Crippen LogP contribution in [0.25, 0.3) is 0 Å². The van der Waals surface area contributed by atoms with Crippen molar-refractivity contribution in [2.24, 2.45) is 0 Å². The number of hydrogen-bond acceptors (Lipinski definition) is 2. The molecule has 0 saturated heterocycles. The number of amides is 1. The van der Waals surface area contributed by atoms with Crippen LogP contribution in [0.5, 0.6) is 0 Å². The Morgan fingerprint density at radius 2 is 2.00 bits per heavy atom. The Morgan fingerprint density at radius 1 is 1.38 bits per heavy atom. The summed E-state index contributed by atoms with van der Waals surface area (Å²) >= 11 is 0.671. The molecular weight excluding hydrogens is 355 g/mol. The molecular formula is C9H20HgNO2. The van der Waals surface area contributed by atoms with E-state index in [0.717, 1.165) is 17.1 Å². The Morgan fingerprint density at radius 3 is 2.46 bits per heavy atom. The molecule has 75 valence electrons. The number of ether oxygens (including phenoxy) is 1. The standard InChI is InChI=1S/C7H14NO2.C2H6.Hg/c1-3-5-10-6-4-7(9)8-2;1-2;/h2-6H2,1H3,(H,8,9);1-2H3;. The molecule has 0 aliphatic rings. The summed E-state index contributed by atoms with van der Waals surface area (Å²) < 4.78 is 6.05. The van der Waals surface area contributed by atoms with E-state index >= 15 is 0 Å². The first-order valence-electron chi connectivity index (χ1n) is 4.95. The molecule has 0 unspecified atom stereocenters. The topological polar surface area (TPSA) is 38.3 Å². The van der Waals surface area contributed by atoms with Crippen molar-refractivity contribution in [3.05, 3.63) is 0 Å². The molecule has 0 radical (unpaired) electrons. The zero-order valence-electron chi connectivity index (χ0n) is 9.06. The molecule has 0 aliphatic heterocycles.